The molecule has 1 aromatic carbocycles. The maximum absolute atomic E-state index is 12.3. The van der Waals surface area contributed by atoms with Gasteiger partial charge in [0, 0.05) is 20.0 Å². The summed E-state index contributed by atoms with van der Waals surface area (Å²) in [5, 5.41) is 15.8. The Kier molecular flexibility index (Phi) is 6.77. The Morgan fingerprint density at radius 2 is 1.96 bits per heavy atom. The highest BCUT2D eigenvalue weighted by Crippen LogP contribution is 2.15. The molecule has 1 amide bonds. The highest BCUT2D eigenvalue weighted by molar-refractivity contribution is 5.92. The first-order chi connectivity index (χ1) is 12.4. The minimum Gasteiger partial charge on any atom is -0.494 e. The van der Waals surface area contributed by atoms with Gasteiger partial charge in [0.25, 0.3) is 5.91 Å². The van der Waals surface area contributed by atoms with Crippen LogP contribution in [0.4, 0.5) is 0 Å². The Morgan fingerprint density at radius 3 is 2.54 bits per heavy atom. The molecule has 0 fully saturated rings. The smallest absolute Gasteiger partial charge is 0.303 e. The van der Waals surface area contributed by atoms with Crippen molar-refractivity contribution in [3.05, 3.63) is 47.3 Å². The Morgan fingerprint density at radius 1 is 1.27 bits per heavy atom. The van der Waals surface area contributed by atoms with Crippen molar-refractivity contribution < 1.29 is 19.4 Å². The summed E-state index contributed by atoms with van der Waals surface area (Å²) >= 11 is 0. The van der Waals surface area contributed by atoms with Crippen LogP contribution in [-0.2, 0) is 18.4 Å². The van der Waals surface area contributed by atoms with Crippen molar-refractivity contribution in [1.29, 1.82) is 0 Å². The van der Waals surface area contributed by atoms with Gasteiger partial charge in [-0.25, -0.2) is 0 Å². The van der Waals surface area contributed by atoms with Crippen molar-refractivity contribution in [3.63, 3.8) is 0 Å². The zero-order valence-electron chi connectivity index (χ0n) is 15.4. The van der Waals surface area contributed by atoms with Gasteiger partial charge in [0.05, 0.1) is 12.3 Å². The maximum atomic E-state index is 12.3. The third-order valence-electron chi connectivity index (χ3n) is 3.90. The molecule has 2 aromatic rings. The van der Waals surface area contributed by atoms with E-state index in [-0.39, 0.29) is 18.2 Å². The standard InChI is InChI=1S/C19H25N3O4/c1-13(2)16-11-17(22(3)21-16)19(25)20-12-14-6-8-15(9-7-14)26-10-4-5-18(23)24/h6-9,11,13H,4-5,10,12H2,1-3H3,(H,20,25)(H,23,24). The number of carboxylic acids is 1. The molecule has 140 valence electrons. The summed E-state index contributed by atoms with van der Waals surface area (Å²) in [5.41, 5.74) is 2.37. The lowest BCUT2D eigenvalue weighted by molar-refractivity contribution is -0.137. The van der Waals surface area contributed by atoms with Crippen LogP contribution in [0.5, 0.6) is 5.75 Å². The summed E-state index contributed by atoms with van der Waals surface area (Å²) in [6, 6.07) is 9.17. The first kappa shape index (κ1) is 19.5. The molecule has 2 rings (SSSR count). The lowest BCUT2D eigenvalue weighted by atomic mass is 10.1. The van der Waals surface area contributed by atoms with Gasteiger partial charge in [0.1, 0.15) is 11.4 Å². The first-order valence-electron chi connectivity index (χ1n) is 8.62. The molecule has 0 spiro atoms. The van der Waals surface area contributed by atoms with E-state index in [0.717, 1.165) is 11.3 Å². The Hall–Kier alpha value is -2.83. The average Bonchev–Trinajstić information content (AvgIpc) is 3.00. The van der Waals surface area contributed by atoms with Crippen LogP contribution >= 0.6 is 0 Å². The predicted molar refractivity (Wildman–Crippen MR) is 97.3 cm³/mol. The molecule has 7 nitrogen and oxygen atoms in total. The summed E-state index contributed by atoms with van der Waals surface area (Å²) in [6.45, 7) is 4.84. The number of hydrogen-bond acceptors (Lipinski definition) is 4. The molecular weight excluding hydrogens is 334 g/mol. The number of rotatable bonds is 9. The summed E-state index contributed by atoms with van der Waals surface area (Å²) in [6.07, 6.45) is 0.562. The number of nitrogens with one attached hydrogen (secondary N) is 1. The molecule has 2 N–H and O–H groups in total. The lowest BCUT2D eigenvalue weighted by Gasteiger charge is -2.08. The molecule has 7 heteroatoms. The van der Waals surface area contributed by atoms with Gasteiger partial charge in [-0.2, -0.15) is 5.10 Å². The number of ether oxygens (including phenoxy) is 1. The van der Waals surface area contributed by atoms with E-state index in [1.54, 1.807) is 11.7 Å². The number of carbonyl (C=O) groups excluding carboxylic acids is 1. The third-order valence-corrected chi connectivity index (χ3v) is 3.90. The van der Waals surface area contributed by atoms with Gasteiger partial charge in [-0.05, 0) is 36.1 Å². The predicted octanol–water partition coefficient (Wildman–Crippen LogP) is 2.72. The van der Waals surface area contributed by atoms with E-state index in [9.17, 15) is 9.59 Å². The second kappa shape index (κ2) is 9.03. The third kappa shape index (κ3) is 5.61. The van der Waals surface area contributed by atoms with Gasteiger partial charge in [-0.3, -0.25) is 14.3 Å². The number of aliphatic carboxylic acids is 1. The quantitative estimate of drug-likeness (QED) is 0.672. The molecule has 0 saturated heterocycles. The number of amides is 1. The number of benzene rings is 1. The van der Waals surface area contributed by atoms with Crippen molar-refractivity contribution in [2.24, 2.45) is 7.05 Å². The van der Waals surface area contributed by atoms with Crippen molar-refractivity contribution in [1.82, 2.24) is 15.1 Å². The Bertz CT molecular complexity index is 751. The molecule has 26 heavy (non-hydrogen) atoms. The van der Waals surface area contributed by atoms with Crippen LogP contribution in [0.15, 0.2) is 30.3 Å². The van der Waals surface area contributed by atoms with E-state index in [1.807, 2.05) is 44.2 Å². The van der Waals surface area contributed by atoms with Crippen LogP contribution in [-0.4, -0.2) is 33.4 Å². The van der Waals surface area contributed by atoms with Crippen LogP contribution in [0.2, 0.25) is 0 Å². The van der Waals surface area contributed by atoms with Crippen LogP contribution in [0.1, 0.15) is 54.4 Å². The van der Waals surface area contributed by atoms with E-state index in [4.69, 9.17) is 9.84 Å². The van der Waals surface area contributed by atoms with E-state index < -0.39 is 5.97 Å². The van der Waals surface area contributed by atoms with Crippen LogP contribution in [0.25, 0.3) is 0 Å². The number of aromatic nitrogens is 2. The molecule has 1 heterocycles. The lowest BCUT2D eigenvalue weighted by Crippen LogP contribution is -2.25. The minimum absolute atomic E-state index is 0.0939. The molecule has 0 atom stereocenters. The highest BCUT2D eigenvalue weighted by atomic mass is 16.5. The maximum Gasteiger partial charge on any atom is 0.303 e. The second-order valence-electron chi connectivity index (χ2n) is 6.41. The number of nitrogens with zero attached hydrogens (tertiary/aromatic N) is 2. The molecular formula is C19H25N3O4. The summed E-state index contributed by atoms with van der Waals surface area (Å²) in [7, 11) is 1.76. The van der Waals surface area contributed by atoms with Gasteiger partial charge in [-0.15, -0.1) is 0 Å². The topological polar surface area (TPSA) is 93.5 Å². The van der Waals surface area contributed by atoms with E-state index in [0.29, 0.717) is 31.0 Å². The summed E-state index contributed by atoms with van der Waals surface area (Å²) in [5.74, 6) is -0.0426. The van der Waals surface area contributed by atoms with Crippen LogP contribution in [0, 0.1) is 0 Å². The largest absolute Gasteiger partial charge is 0.494 e. The van der Waals surface area contributed by atoms with Crippen LogP contribution < -0.4 is 10.1 Å². The number of carboxylic acid groups (broad SMARTS) is 1. The number of aryl methyl sites for hydroxylation is 1. The monoisotopic (exact) mass is 359 g/mol. The minimum atomic E-state index is -0.825. The zero-order valence-corrected chi connectivity index (χ0v) is 15.4. The molecule has 1 aromatic heterocycles. The van der Waals surface area contributed by atoms with Crippen LogP contribution in [0.3, 0.4) is 0 Å². The summed E-state index contributed by atoms with van der Waals surface area (Å²) < 4.78 is 7.08. The van der Waals surface area contributed by atoms with Gasteiger partial charge < -0.3 is 15.2 Å². The second-order valence-corrected chi connectivity index (χ2v) is 6.41. The van der Waals surface area contributed by atoms with Gasteiger partial charge in [0.15, 0.2) is 0 Å². The van der Waals surface area contributed by atoms with Gasteiger partial charge in [0.2, 0.25) is 0 Å². The number of carbonyl (C=O) groups is 2. The summed E-state index contributed by atoms with van der Waals surface area (Å²) in [4.78, 5) is 22.8. The van der Waals surface area contributed by atoms with Crippen molar-refractivity contribution in [3.8, 4) is 5.75 Å². The fourth-order valence-corrected chi connectivity index (χ4v) is 2.37. The zero-order chi connectivity index (χ0) is 19.1. The molecule has 0 aliphatic heterocycles. The van der Waals surface area contributed by atoms with Crippen molar-refractivity contribution >= 4 is 11.9 Å². The van der Waals surface area contributed by atoms with E-state index in [1.165, 1.54) is 0 Å². The van der Waals surface area contributed by atoms with Crippen molar-refractivity contribution in [2.45, 2.75) is 39.2 Å². The van der Waals surface area contributed by atoms with E-state index >= 15 is 0 Å². The fraction of sp³-hybridized carbons (Fsp3) is 0.421. The van der Waals surface area contributed by atoms with Crippen molar-refractivity contribution in [2.75, 3.05) is 6.61 Å². The number of hydrogen-bond donors (Lipinski definition) is 2. The average molecular weight is 359 g/mol. The molecule has 0 aliphatic carbocycles. The molecule has 0 unspecified atom stereocenters. The molecule has 0 radical (unpaired) electrons. The SMILES string of the molecule is CC(C)c1cc(C(=O)NCc2ccc(OCCCC(=O)O)cc2)n(C)n1. The van der Waals surface area contributed by atoms with Gasteiger partial charge >= 0.3 is 5.97 Å². The fourth-order valence-electron chi connectivity index (χ4n) is 2.37. The first-order valence-corrected chi connectivity index (χ1v) is 8.62. The normalized spacial score (nSPS) is 10.8. The molecule has 0 aliphatic rings. The molecule has 0 bridgehead atoms. The van der Waals surface area contributed by atoms with Gasteiger partial charge in [-0.1, -0.05) is 26.0 Å². The Balaban J connectivity index is 1.83. The van der Waals surface area contributed by atoms with E-state index in [2.05, 4.69) is 10.4 Å². The highest BCUT2D eigenvalue weighted by Gasteiger charge is 2.14. The molecule has 0 saturated carbocycles. The Labute approximate surface area is 153 Å².